The average Bonchev–Trinajstić information content (AvgIpc) is 3.27. The lowest BCUT2D eigenvalue weighted by atomic mass is 10.2. The Morgan fingerprint density at radius 2 is 1.96 bits per heavy atom. The smallest absolute Gasteiger partial charge is 0.226 e. The van der Waals surface area contributed by atoms with Crippen LogP contribution in [0.1, 0.15) is 13.8 Å². The number of thiazole rings is 1. The number of rotatable bonds is 3. The van der Waals surface area contributed by atoms with Crippen molar-refractivity contribution < 1.29 is 4.74 Å². The first kappa shape index (κ1) is 15.7. The van der Waals surface area contributed by atoms with Crippen LogP contribution >= 0.6 is 22.7 Å². The van der Waals surface area contributed by atoms with E-state index in [0.717, 1.165) is 40.2 Å². The highest BCUT2D eigenvalue weighted by molar-refractivity contribution is 7.14. The number of morpholine rings is 1. The first-order chi connectivity index (χ1) is 11.7. The molecule has 2 atom stereocenters. The minimum Gasteiger partial charge on any atom is -0.372 e. The van der Waals surface area contributed by atoms with Crippen molar-refractivity contribution in [2.75, 3.05) is 18.0 Å². The third kappa shape index (κ3) is 3.07. The van der Waals surface area contributed by atoms with Crippen molar-refractivity contribution in [3.8, 4) is 21.1 Å². The molecular weight excluding hydrogens is 340 g/mol. The van der Waals surface area contributed by atoms with Gasteiger partial charge in [-0.05, 0) is 25.3 Å². The maximum absolute atomic E-state index is 5.82. The number of nitrogens with zero attached hydrogens (tertiary/aromatic N) is 4. The standard InChI is InChI=1S/C17H18N4OS2/c1-11-9-21(10-12(2)22-11)17-19-8-13(14-4-3-6-23-14)15(20-17)16-18-5-7-24-16/h3-8,11-12H,9-10H2,1-2H3/t11-,12-/m1/s1. The molecule has 3 aromatic rings. The molecule has 0 spiro atoms. The molecule has 0 saturated carbocycles. The minimum absolute atomic E-state index is 0.178. The summed E-state index contributed by atoms with van der Waals surface area (Å²) in [5.74, 6) is 0.752. The normalized spacial score (nSPS) is 21.2. The Bertz CT molecular complexity index is 794. The molecule has 1 aliphatic rings. The summed E-state index contributed by atoms with van der Waals surface area (Å²) in [5, 5.41) is 4.98. The summed E-state index contributed by atoms with van der Waals surface area (Å²) in [4.78, 5) is 17.3. The fraction of sp³-hybridized carbons (Fsp3) is 0.353. The van der Waals surface area contributed by atoms with E-state index < -0.39 is 0 Å². The number of hydrogen-bond donors (Lipinski definition) is 0. The lowest BCUT2D eigenvalue weighted by Gasteiger charge is -2.35. The maximum atomic E-state index is 5.82. The molecule has 1 saturated heterocycles. The predicted molar refractivity (Wildman–Crippen MR) is 98.7 cm³/mol. The van der Waals surface area contributed by atoms with Gasteiger partial charge in [0.15, 0.2) is 0 Å². The molecule has 124 valence electrons. The van der Waals surface area contributed by atoms with Crippen LogP contribution in [-0.4, -0.2) is 40.2 Å². The quantitative estimate of drug-likeness (QED) is 0.710. The van der Waals surface area contributed by atoms with Crippen molar-refractivity contribution in [1.82, 2.24) is 15.0 Å². The van der Waals surface area contributed by atoms with Crippen LogP contribution in [-0.2, 0) is 4.74 Å². The zero-order valence-corrected chi connectivity index (χ0v) is 15.2. The number of anilines is 1. The van der Waals surface area contributed by atoms with Crippen molar-refractivity contribution in [3.63, 3.8) is 0 Å². The second-order valence-electron chi connectivity index (χ2n) is 5.91. The Kier molecular flexibility index (Phi) is 4.30. The van der Waals surface area contributed by atoms with Crippen LogP contribution in [0.2, 0.25) is 0 Å². The lowest BCUT2D eigenvalue weighted by molar-refractivity contribution is -0.00571. The SMILES string of the molecule is C[C@@H]1CN(c2ncc(-c3cccs3)c(-c3nccs3)n2)C[C@@H](C)O1. The van der Waals surface area contributed by atoms with Crippen molar-refractivity contribution in [2.24, 2.45) is 0 Å². The van der Waals surface area contributed by atoms with Crippen LogP contribution in [0.4, 0.5) is 5.95 Å². The van der Waals surface area contributed by atoms with Crippen LogP contribution in [0.25, 0.3) is 21.1 Å². The van der Waals surface area contributed by atoms with Crippen LogP contribution in [0.3, 0.4) is 0 Å². The monoisotopic (exact) mass is 358 g/mol. The fourth-order valence-electron chi connectivity index (χ4n) is 2.98. The topological polar surface area (TPSA) is 51.1 Å². The maximum Gasteiger partial charge on any atom is 0.226 e. The van der Waals surface area contributed by atoms with E-state index in [1.165, 1.54) is 0 Å². The largest absolute Gasteiger partial charge is 0.372 e. The molecule has 0 unspecified atom stereocenters. The second-order valence-corrected chi connectivity index (χ2v) is 7.75. The molecule has 3 aromatic heterocycles. The first-order valence-corrected chi connectivity index (χ1v) is 9.68. The van der Waals surface area contributed by atoms with Gasteiger partial charge in [0.2, 0.25) is 5.95 Å². The molecular formula is C17H18N4OS2. The average molecular weight is 358 g/mol. The molecule has 0 amide bonds. The Morgan fingerprint density at radius 3 is 2.62 bits per heavy atom. The van der Waals surface area contributed by atoms with Crippen LogP contribution in [0.15, 0.2) is 35.3 Å². The summed E-state index contributed by atoms with van der Waals surface area (Å²) < 4.78 is 5.82. The van der Waals surface area contributed by atoms with Gasteiger partial charge in [-0.3, -0.25) is 0 Å². The number of ether oxygens (including phenoxy) is 1. The van der Waals surface area contributed by atoms with Crippen molar-refractivity contribution >= 4 is 28.6 Å². The van der Waals surface area contributed by atoms with Gasteiger partial charge in [0.05, 0.1) is 12.2 Å². The third-order valence-electron chi connectivity index (χ3n) is 3.90. The third-order valence-corrected chi connectivity index (χ3v) is 5.58. The van der Waals surface area contributed by atoms with Gasteiger partial charge in [0.25, 0.3) is 0 Å². The molecule has 0 N–H and O–H groups in total. The van der Waals surface area contributed by atoms with Crippen molar-refractivity contribution in [2.45, 2.75) is 26.1 Å². The van der Waals surface area contributed by atoms with Crippen molar-refractivity contribution in [3.05, 3.63) is 35.3 Å². The molecule has 0 radical (unpaired) electrons. The van der Waals surface area contributed by atoms with E-state index in [2.05, 4.69) is 40.2 Å². The zero-order valence-electron chi connectivity index (χ0n) is 13.5. The Morgan fingerprint density at radius 1 is 1.12 bits per heavy atom. The van der Waals surface area contributed by atoms with Gasteiger partial charge in [-0.15, -0.1) is 22.7 Å². The Balaban J connectivity index is 1.77. The molecule has 0 bridgehead atoms. The summed E-state index contributed by atoms with van der Waals surface area (Å²) in [7, 11) is 0. The van der Waals surface area contributed by atoms with E-state index in [9.17, 15) is 0 Å². The number of thiophene rings is 1. The summed E-state index contributed by atoms with van der Waals surface area (Å²) in [6.45, 7) is 5.79. The van der Waals surface area contributed by atoms with E-state index >= 15 is 0 Å². The van der Waals surface area contributed by atoms with Gasteiger partial charge in [-0.25, -0.2) is 15.0 Å². The lowest BCUT2D eigenvalue weighted by Crippen LogP contribution is -2.46. The van der Waals surface area contributed by atoms with Gasteiger partial charge in [-0.1, -0.05) is 6.07 Å². The molecule has 7 heteroatoms. The summed E-state index contributed by atoms with van der Waals surface area (Å²) >= 11 is 3.30. The van der Waals surface area contributed by atoms with Gasteiger partial charge >= 0.3 is 0 Å². The minimum atomic E-state index is 0.178. The predicted octanol–water partition coefficient (Wildman–Crippen LogP) is 3.94. The molecule has 1 fully saturated rings. The van der Waals surface area contributed by atoms with Crippen LogP contribution < -0.4 is 4.90 Å². The Hall–Kier alpha value is -1.83. The molecule has 1 aliphatic heterocycles. The molecule has 0 aliphatic carbocycles. The van der Waals surface area contributed by atoms with Gasteiger partial charge in [-0.2, -0.15) is 0 Å². The Labute approximate surface area is 149 Å². The zero-order chi connectivity index (χ0) is 16.5. The van der Waals surface area contributed by atoms with E-state index in [1.807, 2.05) is 23.8 Å². The van der Waals surface area contributed by atoms with Crippen LogP contribution in [0.5, 0.6) is 0 Å². The highest BCUT2D eigenvalue weighted by Gasteiger charge is 2.25. The van der Waals surface area contributed by atoms with Gasteiger partial charge in [0, 0.05) is 41.3 Å². The van der Waals surface area contributed by atoms with Gasteiger partial charge < -0.3 is 9.64 Å². The molecule has 0 aromatic carbocycles. The van der Waals surface area contributed by atoms with Crippen LogP contribution in [0, 0.1) is 0 Å². The van der Waals surface area contributed by atoms with Gasteiger partial charge in [0.1, 0.15) is 10.7 Å². The fourth-order valence-corrected chi connectivity index (χ4v) is 4.36. The van der Waals surface area contributed by atoms with E-state index in [0.29, 0.717) is 0 Å². The summed E-state index contributed by atoms with van der Waals surface area (Å²) in [6, 6.07) is 4.14. The highest BCUT2D eigenvalue weighted by atomic mass is 32.1. The van der Waals surface area contributed by atoms with E-state index in [-0.39, 0.29) is 12.2 Å². The van der Waals surface area contributed by atoms with Crippen molar-refractivity contribution in [1.29, 1.82) is 0 Å². The molecule has 5 nitrogen and oxygen atoms in total. The molecule has 4 heterocycles. The first-order valence-electron chi connectivity index (χ1n) is 7.92. The van der Waals surface area contributed by atoms with E-state index in [1.54, 1.807) is 22.7 Å². The summed E-state index contributed by atoms with van der Waals surface area (Å²) in [5.41, 5.74) is 1.95. The molecule has 4 rings (SSSR count). The second kappa shape index (κ2) is 6.58. The summed E-state index contributed by atoms with van der Waals surface area (Å²) in [6.07, 6.45) is 4.10. The van der Waals surface area contributed by atoms with E-state index in [4.69, 9.17) is 9.72 Å². The highest BCUT2D eigenvalue weighted by Crippen LogP contribution is 2.35. The number of hydrogen-bond acceptors (Lipinski definition) is 7. The molecule has 24 heavy (non-hydrogen) atoms. The number of aromatic nitrogens is 3.